The molecule has 2 rings (SSSR count). The van der Waals surface area contributed by atoms with Gasteiger partial charge in [0.1, 0.15) is 0 Å². The number of alkyl halides is 3. The van der Waals surface area contributed by atoms with E-state index < -0.39 is 6.18 Å². The molecule has 1 aliphatic carbocycles. The second-order valence-corrected chi connectivity index (χ2v) is 6.86. The van der Waals surface area contributed by atoms with Crippen molar-refractivity contribution in [1.29, 1.82) is 0 Å². The van der Waals surface area contributed by atoms with Gasteiger partial charge in [0.05, 0.1) is 6.08 Å². The lowest BCUT2D eigenvalue weighted by Gasteiger charge is -2.42. The molecule has 1 aliphatic rings. The van der Waals surface area contributed by atoms with Crippen molar-refractivity contribution in [3.63, 3.8) is 0 Å². The van der Waals surface area contributed by atoms with E-state index in [1.165, 1.54) is 11.6 Å². The van der Waals surface area contributed by atoms with Gasteiger partial charge in [-0.1, -0.05) is 45.9 Å². The number of fused-ring (bicyclic) bond motifs is 1. The summed E-state index contributed by atoms with van der Waals surface area (Å²) in [6.45, 7) is 8.70. The third-order valence-corrected chi connectivity index (χ3v) is 4.28. The molecule has 0 heterocycles. The third kappa shape index (κ3) is 3.08. The van der Waals surface area contributed by atoms with E-state index >= 15 is 0 Å². The maximum atomic E-state index is 12.2. The van der Waals surface area contributed by atoms with Gasteiger partial charge in [0.15, 0.2) is 0 Å². The number of benzene rings is 1. The first-order chi connectivity index (χ1) is 9.01. The Morgan fingerprint density at radius 2 is 1.55 bits per heavy atom. The summed E-state index contributed by atoms with van der Waals surface area (Å²) < 4.78 is 36.6. The predicted molar refractivity (Wildman–Crippen MR) is 75.5 cm³/mol. The molecule has 0 unspecified atom stereocenters. The molecular weight excluding hydrogens is 261 g/mol. The van der Waals surface area contributed by atoms with Gasteiger partial charge in [0.2, 0.25) is 0 Å². The van der Waals surface area contributed by atoms with Crippen LogP contribution in [0, 0.1) is 6.08 Å². The van der Waals surface area contributed by atoms with Crippen LogP contribution in [0.15, 0.2) is 18.2 Å². The fourth-order valence-corrected chi connectivity index (χ4v) is 2.86. The standard InChI is InChI=1S/C17H20F3/c1-15(2)9-10-16(3,4)14-11-12(5-6-13(14)15)7-8-17(18,19)20/h5-7,11H,9-10H2,1-4H3. The summed E-state index contributed by atoms with van der Waals surface area (Å²) in [7, 11) is 0. The van der Waals surface area contributed by atoms with Crippen molar-refractivity contribution in [2.24, 2.45) is 0 Å². The van der Waals surface area contributed by atoms with Gasteiger partial charge in [-0.05, 0) is 46.4 Å². The van der Waals surface area contributed by atoms with Gasteiger partial charge < -0.3 is 0 Å². The summed E-state index contributed by atoms with van der Waals surface area (Å²) in [6.07, 6.45) is 0.248. The number of hydrogen-bond donors (Lipinski definition) is 0. The van der Waals surface area contributed by atoms with Crippen LogP contribution < -0.4 is 0 Å². The highest BCUT2D eigenvalue weighted by Crippen LogP contribution is 2.45. The highest BCUT2D eigenvalue weighted by Gasteiger charge is 2.36. The van der Waals surface area contributed by atoms with E-state index in [0.717, 1.165) is 24.5 Å². The molecule has 0 amide bonds. The Morgan fingerprint density at radius 3 is 2.10 bits per heavy atom. The smallest absolute Gasteiger partial charge is 0.166 e. The molecule has 0 nitrogen and oxygen atoms in total. The van der Waals surface area contributed by atoms with Crippen LogP contribution in [0.1, 0.15) is 57.2 Å². The zero-order valence-corrected chi connectivity index (χ0v) is 12.4. The van der Waals surface area contributed by atoms with Gasteiger partial charge in [-0.15, -0.1) is 0 Å². The molecule has 0 aromatic heterocycles. The Balaban J connectivity index is 2.46. The van der Waals surface area contributed by atoms with Crippen LogP contribution in [0.5, 0.6) is 0 Å². The van der Waals surface area contributed by atoms with Crippen LogP contribution >= 0.6 is 0 Å². The fourth-order valence-electron chi connectivity index (χ4n) is 2.86. The Bertz CT molecular complexity index is 534. The lowest BCUT2D eigenvalue weighted by Crippen LogP contribution is -2.33. The van der Waals surface area contributed by atoms with E-state index in [-0.39, 0.29) is 10.8 Å². The molecule has 3 heteroatoms. The van der Waals surface area contributed by atoms with Crippen molar-refractivity contribution in [3.8, 4) is 0 Å². The molecule has 109 valence electrons. The quantitative estimate of drug-likeness (QED) is 0.645. The highest BCUT2D eigenvalue weighted by molar-refractivity contribution is 5.54. The van der Waals surface area contributed by atoms with Gasteiger partial charge in [0, 0.05) is 0 Å². The van der Waals surface area contributed by atoms with Crippen LogP contribution in [-0.2, 0) is 10.8 Å². The second-order valence-electron chi connectivity index (χ2n) is 6.86. The normalized spacial score (nSPS) is 20.9. The molecule has 0 saturated heterocycles. The van der Waals surface area contributed by atoms with Gasteiger partial charge in [0.25, 0.3) is 0 Å². The maximum absolute atomic E-state index is 12.2. The zero-order chi connectivity index (χ0) is 15.2. The van der Waals surface area contributed by atoms with Gasteiger partial charge >= 0.3 is 6.18 Å². The molecule has 1 radical (unpaired) electrons. The molecule has 0 spiro atoms. The second kappa shape index (κ2) is 4.64. The van der Waals surface area contributed by atoms with E-state index in [1.807, 2.05) is 12.1 Å². The van der Waals surface area contributed by atoms with Crippen LogP contribution in [0.2, 0.25) is 0 Å². The summed E-state index contributed by atoms with van der Waals surface area (Å²) in [6, 6.07) is 5.61. The topological polar surface area (TPSA) is 0 Å². The molecule has 0 aliphatic heterocycles. The molecule has 1 aromatic carbocycles. The minimum Gasteiger partial charge on any atom is -0.166 e. The Hall–Kier alpha value is -1.25. The summed E-state index contributed by atoms with van der Waals surface area (Å²) in [4.78, 5) is 0. The monoisotopic (exact) mass is 281 g/mol. The maximum Gasteiger partial charge on any atom is 0.417 e. The van der Waals surface area contributed by atoms with E-state index in [0.29, 0.717) is 5.56 Å². The largest absolute Gasteiger partial charge is 0.417 e. The first-order valence-electron chi connectivity index (χ1n) is 6.84. The van der Waals surface area contributed by atoms with Crippen molar-refractivity contribution in [2.45, 2.75) is 57.5 Å². The fraction of sp³-hybridized carbons (Fsp3) is 0.529. The zero-order valence-electron chi connectivity index (χ0n) is 12.4. The average molecular weight is 281 g/mol. The molecule has 0 N–H and O–H groups in total. The van der Waals surface area contributed by atoms with Gasteiger partial charge in [-0.3, -0.25) is 0 Å². The minimum absolute atomic E-state index is 0.00688. The van der Waals surface area contributed by atoms with Crippen molar-refractivity contribution < 1.29 is 13.2 Å². The Labute approximate surface area is 118 Å². The SMILES string of the molecule is CC1(C)CCC(C)(C)c2cc(/C=[C]/C(F)(F)F)ccc21. The molecule has 0 bridgehead atoms. The van der Waals surface area contributed by atoms with E-state index in [1.54, 1.807) is 6.07 Å². The molecule has 0 saturated carbocycles. The van der Waals surface area contributed by atoms with Gasteiger partial charge in [-0.25, -0.2) is 0 Å². The summed E-state index contributed by atoms with van der Waals surface area (Å²) in [5.41, 5.74) is 3.06. The van der Waals surface area contributed by atoms with Crippen molar-refractivity contribution in [1.82, 2.24) is 0 Å². The lowest BCUT2D eigenvalue weighted by molar-refractivity contribution is -0.0866. The molecule has 0 fully saturated rings. The summed E-state index contributed by atoms with van der Waals surface area (Å²) in [5, 5.41) is 0. The van der Waals surface area contributed by atoms with Gasteiger partial charge in [-0.2, -0.15) is 13.2 Å². The van der Waals surface area contributed by atoms with Crippen LogP contribution in [0.3, 0.4) is 0 Å². The number of rotatable bonds is 1. The minimum atomic E-state index is -4.38. The Morgan fingerprint density at radius 1 is 1.00 bits per heavy atom. The average Bonchev–Trinajstić information content (AvgIpc) is 2.32. The van der Waals surface area contributed by atoms with E-state index in [2.05, 4.69) is 27.7 Å². The highest BCUT2D eigenvalue weighted by atomic mass is 19.4. The third-order valence-electron chi connectivity index (χ3n) is 4.28. The van der Waals surface area contributed by atoms with Crippen LogP contribution in [0.4, 0.5) is 13.2 Å². The van der Waals surface area contributed by atoms with E-state index in [4.69, 9.17) is 0 Å². The van der Waals surface area contributed by atoms with Crippen molar-refractivity contribution in [3.05, 3.63) is 41.0 Å². The molecule has 0 atom stereocenters. The number of allylic oxidation sites excluding steroid dienone is 1. The van der Waals surface area contributed by atoms with Crippen LogP contribution in [-0.4, -0.2) is 6.18 Å². The lowest BCUT2D eigenvalue weighted by atomic mass is 9.63. The van der Waals surface area contributed by atoms with Crippen molar-refractivity contribution >= 4 is 6.08 Å². The van der Waals surface area contributed by atoms with E-state index in [9.17, 15) is 13.2 Å². The molecule has 1 aromatic rings. The first-order valence-corrected chi connectivity index (χ1v) is 6.84. The first kappa shape index (κ1) is 15.1. The van der Waals surface area contributed by atoms with Crippen LogP contribution in [0.25, 0.3) is 6.08 Å². The Kier molecular flexibility index (Phi) is 3.52. The summed E-state index contributed by atoms with van der Waals surface area (Å²) >= 11 is 0. The number of hydrogen-bond acceptors (Lipinski definition) is 0. The summed E-state index contributed by atoms with van der Waals surface area (Å²) in [5.74, 6) is 0. The molecule has 20 heavy (non-hydrogen) atoms. The predicted octanol–water partition coefficient (Wildman–Crippen LogP) is 5.41. The molecular formula is C17H20F3. The van der Waals surface area contributed by atoms with Crippen molar-refractivity contribution in [2.75, 3.05) is 0 Å². The number of halogens is 3.